The predicted molar refractivity (Wildman–Crippen MR) is 98.8 cm³/mol. The molecule has 4 rings (SSSR count). The van der Waals surface area contributed by atoms with Crippen LogP contribution in [0.4, 0.5) is 15.9 Å². The van der Waals surface area contributed by atoms with Crippen molar-refractivity contribution in [2.45, 2.75) is 6.92 Å². The van der Waals surface area contributed by atoms with Gasteiger partial charge in [0.1, 0.15) is 5.82 Å². The average Bonchev–Trinajstić information content (AvgIpc) is 2.97. The van der Waals surface area contributed by atoms with Crippen LogP contribution >= 0.6 is 11.6 Å². The largest absolute Gasteiger partial charge is 0.338 e. The van der Waals surface area contributed by atoms with Crippen molar-refractivity contribution in [1.82, 2.24) is 15.2 Å². The number of aromatic amines is 1. The van der Waals surface area contributed by atoms with E-state index in [1.54, 1.807) is 6.07 Å². The van der Waals surface area contributed by atoms with E-state index in [2.05, 4.69) is 20.5 Å². The van der Waals surface area contributed by atoms with Crippen molar-refractivity contribution in [3.8, 4) is 11.3 Å². The van der Waals surface area contributed by atoms with E-state index >= 15 is 0 Å². The normalized spacial score (nSPS) is 10.6. The number of anilines is 2. The van der Waals surface area contributed by atoms with Crippen LogP contribution in [0.5, 0.6) is 0 Å². The second-order valence-corrected chi connectivity index (χ2v) is 6.16. The van der Waals surface area contributed by atoms with Gasteiger partial charge < -0.3 is 5.32 Å². The van der Waals surface area contributed by atoms with Crippen LogP contribution in [-0.4, -0.2) is 15.2 Å². The molecule has 0 amide bonds. The van der Waals surface area contributed by atoms with Crippen molar-refractivity contribution in [3.05, 3.63) is 71.1 Å². The van der Waals surface area contributed by atoms with Crippen LogP contribution in [0.25, 0.3) is 22.2 Å². The van der Waals surface area contributed by atoms with Crippen LogP contribution in [-0.2, 0) is 18.6 Å². The number of benzene rings is 2. The summed E-state index contributed by atoms with van der Waals surface area (Å²) in [6.07, 6.45) is 0. The minimum Gasteiger partial charge on any atom is -0.338 e. The Kier molecular flexibility index (Phi) is 5.32. The Hall–Kier alpha value is -2.34. The Morgan fingerprint density at radius 2 is 1.88 bits per heavy atom. The first-order valence-electron chi connectivity index (χ1n) is 7.74. The van der Waals surface area contributed by atoms with E-state index < -0.39 is 0 Å². The number of aromatic nitrogens is 3. The molecule has 4 nitrogen and oxygen atoms in total. The maximum Gasteiger partial charge on any atom is 0.160 e. The average molecular weight is 404 g/mol. The van der Waals surface area contributed by atoms with Gasteiger partial charge in [0.05, 0.1) is 11.2 Å². The van der Waals surface area contributed by atoms with E-state index in [4.69, 9.17) is 11.6 Å². The maximum atomic E-state index is 13.5. The zero-order valence-corrected chi connectivity index (χ0v) is 15.9. The number of fused-ring (bicyclic) bond motifs is 1. The Morgan fingerprint density at radius 1 is 1.08 bits per heavy atom. The summed E-state index contributed by atoms with van der Waals surface area (Å²) < 4.78 is 13.5. The van der Waals surface area contributed by atoms with Crippen LogP contribution in [0.3, 0.4) is 0 Å². The van der Waals surface area contributed by atoms with Gasteiger partial charge in [-0.3, -0.25) is 10.1 Å². The van der Waals surface area contributed by atoms with Crippen LogP contribution in [0.2, 0.25) is 5.02 Å². The molecule has 4 aromatic rings. The zero-order valence-electron chi connectivity index (χ0n) is 13.8. The predicted octanol–water partition coefficient (Wildman–Crippen LogP) is 5.47. The van der Waals surface area contributed by atoms with E-state index in [0.717, 1.165) is 28.2 Å². The van der Waals surface area contributed by atoms with Crippen molar-refractivity contribution < 1.29 is 22.9 Å². The van der Waals surface area contributed by atoms with Crippen LogP contribution < -0.4 is 5.32 Å². The fourth-order valence-electron chi connectivity index (χ4n) is 2.77. The molecular weight excluding hydrogens is 390 g/mol. The summed E-state index contributed by atoms with van der Waals surface area (Å²) >= 11 is 6.28. The van der Waals surface area contributed by atoms with Gasteiger partial charge in [0.2, 0.25) is 0 Å². The quantitative estimate of drug-likeness (QED) is 0.477. The van der Waals surface area contributed by atoms with Gasteiger partial charge in [-0.05, 0) is 43.3 Å². The van der Waals surface area contributed by atoms with E-state index in [9.17, 15) is 4.39 Å². The van der Waals surface area contributed by atoms with Crippen molar-refractivity contribution in [2.24, 2.45) is 0 Å². The molecular formula is C19H14ClFN4V. The molecule has 2 heterocycles. The number of H-pyrrole nitrogens is 1. The Labute approximate surface area is 166 Å². The van der Waals surface area contributed by atoms with Crippen LogP contribution in [0.15, 0.2) is 54.6 Å². The number of aryl methyl sites for hydroxylation is 1. The summed E-state index contributed by atoms with van der Waals surface area (Å²) in [6.45, 7) is 1.91. The van der Waals surface area contributed by atoms with Gasteiger partial charge >= 0.3 is 0 Å². The molecule has 0 aliphatic heterocycles. The Bertz CT molecular complexity index is 1080. The second kappa shape index (κ2) is 7.50. The first-order valence-corrected chi connectivity index (χ1v) is 8.12. The van der Waals surface area contributed by atoms with Crippen molar-refractivity contribution in [3.63, 3.8) is 0 Å². The Balaban J connectivity index is 0.00000196. The summed E-state index contributed by atoms with van der Waals surface area (Å²) in [5, 5.41) is 11.7. The topological polar surface area (TPSA) is 53.6 Å². The fraction of sp³-hybridized carbons (Fsp3) is 0.0526. The van der Waals surface area contributed by atoms with Gasteiger partial charge in [0, 0.05) is 45.9 Å². The third kappa shape index (κ3) is 3.60. The number of hydrogen-bond donors (Lipinski definition) is 2. The molecule has 0 spiro atoms. The van der Waals surface area contributed by atoms with Gasteiger partial charge in [-0.1, -0.05) is 29.8 Å². The molecule has 0 saturated heterocycles. The maximum absolute atomic E-state index is 13.5. The SMILES string of the molecule is Cc1cc(Nc2n[nH]c3ccc(F)cc23)cc(-c2ccccc2Cl)n1.[V]. The second-order valence-electron chi connectivity index (χ2n) is 5.75. The number of rotatable bonds is 3. The van der Waals surface area contributed by atoms with Crippen LogP contribution in [0, 0.1) is 12.7 Å². The van der Waals surface area contributed by atoms with Gasteiger partial charge in [-0.25, -0.2) is 4.39 Å². The van der Waals surface area contributed by atoms with E-state index in [1.165, 1.54) is 12.1 Å². The first kappa shape index (κ1) is 18.5. The number of pyridine rings is 1. The molecule has 0 unspecified atom stereocenters. The Morgan fingerprint density at radius 3 is 2.69 bits per heavy atom. The summed E-state index contributed by atoms with van der Waals surface area (Å²) in [5.74, 6) is 0.254. The van der Waals surface area contributed by atoms with E-state index in [-0.39, 0.29) is 24.4 Å². The summed E-state index contributed by atoms with van der Waals surface area (Å²) in [4.78, 5) is 4.56. The molecule has 0 aliphatic rings. The molecule has 0 saturated carbocycles. The molecule has 7 heteroatoms. The first-order chi connectivity index (χ1) is 12.1. The molecule has 129 valence electrons. The molecule has 1 radical (unpaired) electrons. The smallest absolute Gasteiger partial charge is 0.160 e. The van der Waals surface area contributed by atoms with E-state index in [0.29, 0.717) is 16.2 Å². The van der Waals surface area contributed by atoms with Gasteiger partial charge in [0.25, 0.3) is 0 Å². The molecule has 26 heavy (non-hydrogen) atoms. The standard InChI is InChI=1S/C19H14ClFN4.V/c1-11-8-13(10-18(22-11)14-4-2-3-5-16(14)20)23-19-15-9-12(21)6-7-17(15)24-25-19;/h2-10H,1H3,(H2,22,23,24,25);. The van der Waals surface area contributed by atoms with E-state index in [1.807, 2.05) is 43.3 Å². The van der Waals surface area contributed by atoms with Crippen LogP contribution in [0.1, 0.15) is 5.69 Å². The van der Waals surface area contributed by atoms with Crippen molar-refractivity contribution in [2.75, 3.05) is 5.32 Å². The molecule has 2 aromatic carbocycles. The van der Waals surface area contributed by atoms with Gasteiger partial charge in [-0.2, -0.15) is 5.10 Å². The zero-order chi connectivity index (χ0) is 17.4. The molecule has 0 atom stereocenters. The fourth-order valence-corrected chi connectivity index (χ4v) is 3.00. The monoisotopic (exact) mass is 403 g/mol. The number of halogens is 2. The minimum absolute atomic E-state index is 0. The van der Waals surface area contributed by atoms with Gasteiger partial charge in [-0.15, -0.1) is 0 Å². The third-order valence-electron chi connectivity index (χ3n) is 3.89. The molecule has 0 bridgehead atoms. The summed E-state index contributed by atoms with van der Waals surface area (Å²) in [6, 6.07) is 15.9. The minimum atomic E-state index is -0.306. The summed E-state index contributed by atoms with van der Waals surface area (Å²) in [7, 11) is 0. The molecule has 0 fully saturated rings. The molecule has 2 N–H and O–H groups in total. The van der Waals surface area contributed by atoms with Gasteiger partial charge in [0.15, 0.2) is 5.82 Å². The number of hydrogen-bond acceptors (Lipinski definition) is 3. The number of nitrogens with one attached hydrogen (secondary N) is 2. The van der Waals surface area contributed by atoms with Crippen molar-refractivity contribution >= 4 is 34.0 Å². The van der Waals surface area contributed by atoms with Crippen molar-refractivity contribution in [1.29, 1.82) is 0 Å². The molecule has 0 aliphatic carbocycles. The molecule has 2 aromatic heterocycles. The summed E-state index contributed by atoms with van der Waals surface area (Å²) in [5.41, 5.74) is 4.03. The number of nitrogens with zero attached hydrogens (tertiary/aromatic N) is 2. The third-order valence-corrected chi connectivity index (χ3v) is 4.22.